The smallest absolute Gasteiger partial charge is 0.229 e. The summed E-state index contributed by atoms with van der Waals surface area (Å²) in [6.07, 6.45) is 1.64. The molecule has 2 N–H and O–H groups in total. The molecule has 2 aromatic rings. The Morgan fingerprint density at radius 3 is 3.00 bits per heavy atom. The molecule has 0 saturated heterocycles. The Morgan fingerprint density at radius 2 is 2.25 bits per heavy atom. The van der Waals surface area contributed by atoms with Gasteiger partial charge in [-0.2, -0.15) is 15.1 Å². The number of H-pyrrole nitrogens is 1. The molecule has 7 heteroatoms. The number of nitrogens with zero attached hydrogens (tertiary/aromatic N) is 3. The number of rotatable bonds is 5. The van der Waals surface area contributed by atoms with Gasteiger partial charge in [-0.1, -0.05) is 0 Å². The van der Waals surface area contributed by atoms with Gasteiger partial charge in [0, 0.05) is 14.2 Å². The van der Waals surface area contributed by atoms with Gasteiger partial charge in [0.25, 0.3) is 0 Å². The minimum Gasteiger partial charge on any atom is -0.475 e. The molecule has 86 valence electrons. The second kappa shape index (κ2) is 4.75. The van der Waals surface area contributed by atoms with Gasteiger partial charge in [-0.3, -0.25) is 5.10 Å². The van der Waals surface area contributed by atoms with Crippen molar-refractivity contribution in [3.05, 3.63) is 6.20 Å². The molecule has 0 amide bonds. The summed E-state index contributed by atoms with van der Waals surface area (Å²) in [5.41, 5.74) is 0.645. The minimum atomic E-state index is 0.441. The second-order valence-corrected chi connectivity index (χ2v) is 3.08. The van der Waals surface area contributed by atoms with Crippen LogP contribution in [0.4, 0.5) is 5.95 Å². The SMILES string of the molecule is CNc1nc(OCCOC)c2cn[nH]c2n1. The lowest BCUT2D eigenvalue weighted by Gasteiger charge is -2.06. The molecule has 2 heterocycles. The molecule has 2 aromatic heterocycles. The molecule has 0 fully saturated rings. The van der Waals surface area contributed by atoms with Gasteiger partial charge in [0.2, 0.25) is 11.8 Å². The average molecular weight is 223 g/mol. The number of ether oxygens (including phenoxy) is 2. The van der Waals surface area contributed by atoms with E-state index < -0.39 is 0 Å². The zero-order valence-electron chi connectivity index (χ0n) is 9.15. The predicted molar refractivity (Wildman–Crippen MR) is 58.6 cm³/mol. The van der Waals surface area contributed by atoms with Crippen molar-refractivity contribution in [3.8, 4) is 5.88 Å². The molecule has 7 nitrogen and oxygen atoms in total. The molecule has 0 radical (unpaired) electrons. The Labute approximate surface area is 92.2 Å². The van der Waals surface area contributed by atoms with Gasteiger partial charge in [-0.15, -0.1) is 0 Å². The van der Waals surface area contributed by atoms with E-state index in [1.165, 1.54) is 0 Å². The van der Waals surface area contributed by atoms with Crippen molar-refractivity contribution in [1.82, 2.24) is 20.2 Å². The molecule has 2 rings (SSSR count). The quantitative estimate of drug-likeness (QED) is 0.714. The van der Waals surface area contributed by atoms with E-state index in [4.69, 9.17) is 9.47 Å². The standard InChI is InChI=1S/C9H13N5O2/c1-10-9-12-7-6(5-11-14-7)8(13-9)16-4-3-15-2/h5H,3-4H2,1-2H3,(H2,10,11,12,13,14). The van der Waals surface area contributed by atoms with Crippen molar-refractivity contribution < 1.29 is 9.47 Å². The highest BCUT2D eigenvalue weighted by atomic mass is 16.5. The number of hydrogen-bond acceptors (Lipinski definition) is 6. The Balaban J connectivity index is 2.29. The molecular formula is C9H13N5O2. The predicted octanol–water partition coefficient (Wildman–Crippen LogP) is 0.420. The van der Waals surface area contributed by atoms with Crippen LogP contribution in [0.1, 0.15) is 0 Å². The summed E-state index contributed by atoms with van der Waals surface area (Å²) < 4.78 is 10.4. The maximum Gasteiger partial charge on any atom is 0.229 e. The molecule has 16 heavy (non-hydrogen) atoms. The highest BCUT2D eigenvalue weighted by Gasteiger charge is 2.09. The molecular weight excluding hydrogens is 210 g/mol. The maximum atomic E-state index is 5.48. The number of aromatic amines is 1. The van der Waals surface area contributed by atoms with Crippen LogP contribution in [0, 0.1) is 0 Å². The van der Waals surface area contributed by atoms with E-state index in [2.05, 4.69) is 25.5 Å². The van der Waals surface area contributed by atoms with Gasteiger partial charge in [0.15, 0.2) is 5.65 Å². The van der Waals surface area contributed by atoms with E-state index in [-0.39, 0.29) is 0 Å². The van der Waals surface area contributed by atoms with Crippen LogP contribution in [0.3, 0.4) is 0 Å². The molecule has 0 aliphatic carbocycles. The van der Waals surface area contributed by atoms with Gasteiger partial charge < -0.3 is 14.8 Å². The fourth-order valence-electron chi connectivity index (χ4n) is 1.25. The van der Waals surface area contributed by atoms with Crippen molar-refractivity contribution in [2.24, 2.45) is 0 Å². The molecule has 0 aliphatic heterocycles. The van der Waals surface area contributed by atoms with Crippen LogP contribution in [0.2, 0.25) is 0 Å². The van der Waals surface area contributed by atoms with Gasteiger partial charge in [0.05, 0.1) is 12.8 Å². The van der Waals surface area contributed by atoms with Crippen LogP contribution in [0.5, 0.6) is 5.88 Å². The highest BCUT2D eigenvalue weighted by molar-refractivity contribution is 5.80. The molecule has 0 saturated carbocycles. The van der Waals surface area contributed by atoms with E-state index in [0.29, 0.717) is 30.7 Å². The number of methoxy groups -OCH3 is 1. The van der Waals surface area contributed by atoms with Crippen LogP contribution >= 0.6 is 0 Å². The molecule has 0 bridgehead atoms. The van der Waals surface area contributed by atoms with Crippen LogP contribution in [0.15, 0.2) is 6.20 Å². The van der Waals surface area contributed by atoms with Gasteiger partial charge in [0.1, 0.15) is 12.0 Å². The van der Waals surface area contributed by atoms with E-state index >= 15 is 0 Å². The first kappa shape index (κ1) is 10.6. The summed E-state index contributed by atoms with van der Waals surface area (Å²) in [5.74, 6) is 0.990. The van der Waals surface area contributed by atoms with Gasteiger partial charge in [-0.05, 0) is 0 Å². The highest BCUT2D eigenvalue weighted by Crippen LogP contribution is 2.21. The van der Waals surface area contributed by atoms with E-state index in [1.807, 2.05) is 0 Å². The minimum absolute atomic E-state index is 0.441. The Bertz CT molecular complexity index is 470. The van der Waals surface area contributed by atoms with Crippen molar-refractivity contribution in [1.29, 1.82) is 0 Å². The normalized spacial score (nSPS) is 10.6. The third kappa shape index (κ3) is 2.03. The van der Waals surface area contributed by atoms with Crippen molar-refractivity contribution in [3.63, 3.8) is 0 Å². The lowest BCUT2D eigenvalue weighted by atomic mass is 10.4. The first-order chi connectivity index (χ1) is 7.85. The summed E-state index contributed by atoms with van der Waals surface area (Å²) in [7, 11) is 3.37. The molecule has 0 aromatic carbocycles. The Kier molecular flexibility index (Phi) is 3.16. The molecule has 0 unspecified atom stereocenters. The van der Waals surface area contributed by atoms with Gasteiger partial charge in [-0.25, -0.2) is 0 Å². The number of hydrogen-bond donors (Lipinski definition) is 2. The number of anilines is 1. The van der Waals surface area contributed by atoms with Crippen LogP contribution < -0.4 is 10.1 Å². The molecule has 0 atom stereocenters. The fourth-order valence-corrected chi connectivity index (χ4v) is 1.25. The zero-order chi connectivity index (χ0) is 11.4. The number of nitrogens with one attached hydrogen (secondary N) is 2. The van der Waals surface area contributed by atoms with Crippen molar-refractivity contribution in [2.45, 2.75) is 0 Å². The Hall–Kier alpha value is -1.89. The Morgan fingerprint density at radius 1 is 1.38 bits per heavy atom. The van der Waals surface area contributed by atoms with Crippen LogP contribution in [-0.4, -0.2) is 47.5 Å². The maximum absolute atomic E-state index is 5.48. The topological polar surface area (TPSA) is 85.0 Å². The largest absolute Gasteiger partial charge is 0.475 e. The summed E-state index contributed by atoms with van der Waals surface area (Å²) in [5, 5.41) is 10.3. The summed E-state index contributed by atoms with van der Waals surface area (Å²) in [6, 6.07) is 0. The third-order valence-corrected chi connectivity index (χ3v) is 2.02. The zero-order valence-corrected chi connectivity index (χ0v) is 9.15. The van der Waals surface area contributed by atoms with E-state index in [0.717, 1.165) is 5.39 Å². The number of aromatic nitrogens is 4. The second-order valence-electron chi connectivity index (χ2n) is 3.08. The molecule has 0 spiro atoms. The summed E-state index contributed by atoms with van der Waals surface area (Å²) in [4.78, 5) is 8.39. The summed E-state index contributed by atoms with van der Waals surface area (Å²) >= 11 is 0. The monoisotopic (exact) mass is 223 g/mol. The van der Waals surface area contributed by atoms with Crippen molar-refractivity contribution >= 4 is 17.0 Å². The van der Waals surface area contributed by atoms with Gasteiger partial charge >= 0.3 is 0 Å². The van der Waals surface area contributed by atoms with Crippen molar-refractivity contribution in [2.75, 3.05) is 32.7 Å². The molecule has 0 aliphatic rings. The fraction of sp³-hybridized carbons (Fsp3) is 0.444. The van der Waals surface area contributed by atoms with Crippen LogP contribution in [0.25, 0.3) is 11.0 Å². The summed E-state index contributed by atoms with van der Waals surface area (Å²) in [6.45, 7) is 0.954. The lowest BCUT2D eigenvalue weighted by Crippen LogP contribution is -2.07. The first-order valence-electron chi connectivity index (χ1n) is 4.85. The lowest BCUT2D eigenvalue weighted by molar-refractivity contribution is 0.144. The van der Waals surface area contributed by atoms with E-state index in [1.54, 1.807) is 20.4 Å². The van der Waals surface area contributed by atoms with E-state index in [9.17, 15) is 0 Å². The average Bonchev–Trinajstić information content (AvgIpc) is 2.77. The van der Waals surface area contributed by atoms with Crippen LogP contribution in [-0.2, 0) is 4.74 Å². The number of fused-ring (bicyclic) bond motifs is 1. The first-order valence-corrected chi connectivity index (χ1v) is 4.85. The third-order valence-electron chi connectivity index (χ3n) is 2.02.